The molecule has 9 heteroatoms. The van der Waals surface area contributed by atoms with Gasteiger partial charge >= 0.3 is 5.69 Å². The van der Waals surface area contributed by atoms with E-state index in [2.05, 4.69) is 0 Å². The number of methoxy groups -OCH3 is 1. The predicted octanol–water partition coefficient (Wildman–Crippen LogP) is 4.55. The third-order valence-electron chi connectivity index (χ3n) is 4.64. The molecule has 156 valence electrons. The number of nitro benzene ring substituents is 1. The molecule has 1 N–H and O–H groups in total. The number of carbonyl (C=O) groups is 1. The highest BCUT2D eigenvalue weighted by Crippen LogP contribution is 2.40. The lowest BCUT2D eigenvalue weighted by Gasteiger charge is -2.13. The summed E-state index contributed by atoms with van der Waals surface area (Å²) in [5, 5.41) is 21.7. The molecule has 1 aliphatic rings. The Labute approximate surface area is 178 Å². The third-order valence-corrected chi connectivity index (χ3v) is 5.65. The Morgan fingerprint density at radius 3 is 2.53 bits per heavy atom. The number of nitro groups is 1. The Kier molecular flexibility index (Phi) is 6.12. The SMILES string of the molecule is CCN1C(=O)/C(=C\c2cc(OC)c(O)c([N+](=O)[O-])c2)SC1=Nc1c(C)cccc1C. The van der Waals surface area contributed by atoms with E-state index in [9.17, 15) is 20.0 Å². The minimum atomic E-state index is -0.699. The van der Waals surface area contributed by atoms with Crippen LogP contribution in [0, 0.1) is 24.0 Å². The predicted molar refractivity (Wildman–Crippen MR) is 117 cm³/mol. The average molecular weight is 427 g/mol. The third kappa shape index (κ3) is 4.02. The second-order valence-electron chi connectivity index (χ2n) is 6.64. The fourth-order valence-corrected chi connectivity index (χ4v) is 4.14. The molecule has 0 radical (unpaired) electrons. The van der Waals surface area contributed by atoms with Crippen LogP contribution in [0.1, 0.15) is 23.6 Å². The van der Waals surface area contributed by atoms with Gasteiger partial charge in [0.15, 0.2) is 10.9 Å². The maximum Gasteiger partial charge on any atom is 0.315 e. The Morgan fingerprint density at radius 2 is 1.97 bits per heavy atom. The van der Waals surface area contributed by atoms with Crippen molar-refractivity contribution in [2.45, 2.75) is 20.8 Å². The van der Waals surface area contributed by atoms with Crippen LogP contribution in [-0.4, -0.2) is 39.7 Å². The van der Waals surface area contributed by atoms with Crippen LogP contribution >= 0.6 is 11.8 Å². The number of ether oxygens (including phenoxy) is 1. The zero-order chi connectivity index (χ0) is 22.0. The standard InChI is InChI=1S/C21H21N3O5S/c1-5-23-20(26)17(30-21(23)22-18-12(2)7-6-8-13(18)3)11-14-9-15(24(27)28)19(25)16(10-14)29-4/h6-11,25H,5H2,1-4H3/b17-11+,22-21?. The summed E-state index contributed by atoms with van der Waals surface area (Å²) < 4.78 is 5.03. The molecule has 2 aromatic carbocycles. The first-order valence-corrected chi connectivity index (χ1v) is 10.00. The number of amidine groups is 1. The number of rotatable bonds is 5. The Morgan fingerprint density at radius 1 is 1.30 bits per heavy atom. The molecule has 0 spiro atoms. The number of aliphatic imine (C=N–C) groups is 1. The number of amides is 1. The molecule has 30 heavy (non-hydrogen) atoms. The van der Waals surface area contributed by atoms with E-state index in [4.69, 9.17) is 9.73 Å². The van der Waals surface area contributed by atoms with Crippen molar-refractivity contribution in [3.05, 3.63) is 62.0 Å². The van der Waals surface area contributed by atoms with E-state index in [0.717, 1.165) is 16.8 Å². The van der Waals surface area contributed by atoms with Crippen LogP contribution in [0.25, 0.3) is 6.08 Å². The molecular formula is C21H21N3O5S. The summed E-state index contributed by atoms with van der Waals surface area (Å²) in [5.41, 5.74) is 2.70. The van der Waals surface area contributed by atoms with E-state index in [0.29, 0.717) is 22.2 Å². The van der Waals surface area contributed by atoms with Crippen molar-refractivity contribution >= 4 is 40.3 Å². The van der Waals surface area contributed by atoms with Gasteiger partial charge in [0.05, 0.1) is 22.6 Å². The molecule has 3 rings (SSSR count). The van der Waals surface area contributed by atoms with Gasteiger partial charge in [0.2, 0.25) is 5.75 Å². The normalized spacial score (nSPS) is 16.5. The number of para-hydroxylation sites is 1. The first-order chi connectivity index (χ1) is 14.3. The lowest BCUT2D eigenvalue weighted by molar-refractivity contribution is -0.386. The van der Waals surface area contributed by atoms with Gasteiger partial charge in [-0.3, -0.25) is 19.8 Å². The first-order valence-electron chi connectivity index (χ1n) is 9.18. The van der Waals surface area contributed by atoms with Crippen molar-refractivity contribution in [2.24, 2.45) is 4.99 Å². The lowest BCUT2D eigenvalue weighted by Crippen LogP contribution is -2.28. The van der Waals surface area contributed by atoms with Gasteiger partial charge in [-0.2, -0.15) is 0 Å². The number of aromatic hydroxyl groups is 1. The Bertz CT molecular complexity index is 1070. The van der Waals surface area contributed by atoms with Crippen LogP contribution in [0.3, 0.4) is 0 Å². The fourth-order valence-electron chi connectivity index (χ4n) is 3.09. The molecule has 0 aliphatic carbocycles. The Balaban J connectivity index is 2.05. The number of carbonyl (C=O) groups excluding carboxylic acids is 1. The number of likely N-dealkylation sites (N-methyl/N-ethyl adjacent to an activating group) is 1. The quantitative estimate of drug-likeness (QED) is 0.426. The molecule has 1 heterocycles. The highest BCUT2D eigenvalue weighted by molar-refractivity contribution is 8.18. The maximum atomic E-state index is 12.9. The number of phenolic OH excluding ortho intramolecular Hbond substituents is 1. The van der Waals surface area contributed by atoms with Crippen molar-refractivity contribution in [1.82, 2.24) is 4.90 Å². The number of thioether (sulfide) groups is 1. The topological polar surface area (TPSA) is 105 Å². The molecular weight excluding hydrogens is 406 g/mol. The van der Waals surface area contributed by atoms with Gasteiger partial charge in [-0.1, -0.05) is 18.2 Å². The largest absolute Gasteiger partial charge is 0.500 e. The van der Waals surface area contributed by atoms with Gasteiger partial charge < -0.3 is 9.84 Å². The van der Waals surface area contributed by atoms with Crippen molar-refractivity contribution in [2.75, 3.05) is 13.7 Å². The number of hydrogen-bond acceptors (Lipinski definition) is 7. The molecule has 1 fully saturated rings. The molecule has 0 saturated carbocycles. The number of hydrogen-bond donors (Lipinski definition) is 1. The minimum Gasteiger partial charge on any atom is -0.500 e. The van der Waals surface area contributed by atoms with Gasteiger partial charge in [-0.05, 0) is 61.4 Å². The van der Waals surface area contributed by atoms with Gasteiger partial charge in [0.1, 0.15) is 0 Å². The fraction of sp³-hybridized carbons (Fsp3) is 0.238. The Hall–Kier alpha value is -3.33. The number of benzene rings is 2. The molecule has 1 saturated heterocycles. The van der Waals surface area contributed by atoms with Crippen LogP contribution < -0.4 is 4.74 Å². The molecule has 1 aliphatic heterocycles. The van der Waals surface area contributed by atoms with Crippen LogP contribution in [-0.2, 0) is 4.79 Å². The van der Waals surface area contributed by atoms with Crippen molar-refractivity contribution in [3.63, 3.8) is 0 Å². The molecule has 8 nitrogen and oxygen atoms in total. The van der Waals surface area contributed by atoms with Crippen molar-refractivity contribution in [3.8, 4) is 11.5 Å². The summed E-state index contributed by atoms with van der Waals surface area (Å²) in [6, 6.07) is 8.52. The molecule has 0 bridgehead atoms. The summed E-state index contributed by atoms with van der Waals surface area (Å²) >= 11 is 1.20. The summed E-state index contributed by atoms with van der Waals surface area (Å²) in [6.07, 6.45) is 1.54. The molecule has 1 amide bonds. The molecule has 0 unspecified atom stereocenters. The van der Waals surface area contributed by atoms with E-state index in [1.165, 1.54) is 37.1 Å². The van der Waals surface area contributed by atoms with Crippen molar-refractivity contribution in [1.29, 1.82) is 0 Å². The summed E-state index contributed by atoms with van der Waals surface area (Å²) in [5.74, 6) is -0.826. The summed E-state index contributed by atoms with van der Waals surface area (Å²) in [6.45, 7) is 6.22. The first kappa shape index (κ1) is 21.4. The zero-order valence-electron chi connectivity index (χ0n) is 17.0. The highest BCUT2D eigenvalue weighted by atomic mass is 32.2. The minimum absolute atomic E-state index is 0.0386. The summed E-state index contributed by atoms with van der Waals surface area (Å²) in [4.78, 5) is 30.1. The van der Waals surface area contributed by atoms with Crippen molar-refractivity contribution < 1.29 is 19.6 Å². The van der Waals surface area contributed by atoms with Gasteiger partial charge in [-0.25, -0.2) is 4.99 Å². The van der Waals surface area contributed by atoms with E-state index in [-0.39, 0.29) is 11.7 Å². The van der Waals surface area contributed by atoms with E-state index in [1.54, 1.807) is 4.90 Å². The van der Waals surface area contributed by atoms with E-state index >= 15 is 0 Å². The maximum absolute atomic E-state index is 12.9. The van der Waals surface area contributed by atoms with Gasteiger partial charge in [0.25, 0.3) is 5.91 Å². The van der Waals surface area contributed by atoms with E-state index < -0.39 is 16.4 Å². The number of nitrogens with zero attached hydrogens (tertiary/aromatic N) is 3. The second kappa shape index (κ2) is 8.58. The van der Waals surface area contributed by atoms with Crippen LogP contribution in [0.4, 0.5) is 11.4 Å². The second-order valence-corrected chi connectivity index (χ2v) is 7.65. The van der Waals surface area contributed by atoms with Crippen LogP contribution in [0.2, 0.25) is 0 Å². The lowest BCUT2D eigenvalue weighted by atomic mass is 10.1. The molecule has 0 aromatic heterocycles. The monoisotopic (exact) mass is 427 g/mol. The zero-order valence-corrected chi connectivity index (χ0v) is 17.8. The highest BCUT2D eigenvalue weighted by Gasteiger charge is 2.33. The molecule has 2 aromatic rings. The summed E-state index contributed by atoms with van der Waals surface area (Å²) in [7, 11) is 1.30. The van der Waals surface area contributed by atoms with Crippen LogP contribution in [0.5, 0.6) is 11.5 Å². The van der Waals surface area contributed by atoms with Crippen LogP contribution in [0.15, 0.2) is 40.2 Å². The number of aryl methyl sites for hydroxylation is 2. The average Bonchev–Trinajstić information content (AvgIpc) is 3.00. The van der Waals surface area contributed by atoms with Gasteiger partial charge in [-0.15, -0.1) is 0 Å². The number of phenols is 1. The molecule has 0 atom stereocenters. The van der Waals surface area contributed by atoms with E-state index in [1.807, 2.05) is 39.0 Å². The smallest absolute Gasteiger partial charge is 0.315 e. The van der Waals surface area contributed by atoms with Gasteiger partial charge in [0, 0.05) is 12.6 Å².